The highest BCUT2D eigenvalue weighted by atomic mass is 35.5. The van der Waals surface area contributed by atoms with E-state index in [4.69, 9.17) is 27.6 Å². The average molecular weight is 376 g/mol. The lowest BCUT2D eigenvalue weighted by Crippen LogP contribution is -2.07. The van der Waals surface area contributed by atoms with E-state index in [0.29, 0.717) is 33.0 Å². The molecule has 0 aliphatic carbocycles. The van der Waals surface area contributed by atoms with Crippen molar-refractivity contribution in [3.05, 3.63) is 64.0 Å². The van der Waals surface area contributed by atoms with E-state index in [9.17, 15) is 4.79 Å². The summed E-state index contributed by atoms with van der Waals surface area (Å²) in [6.07, 6.45) is 0. The van der Waals surface area contributed by atoms with Gasteiger partial charge in [-0.2, -0.15) is 0 Å². The summed E-state index contributed by atoms with van der Waals surface area (Å²) in [4.78, 5) is 11.5. The molecule has 0 radical (unpaired) electrons. The van der Waals surface area contributed by atoms with Gasteiger partial charge in [0, 0.05) is 16.3 Å². The third kappa shape index (κ3) is 4.00. The number of carbonyl (C=O) groups is 1. The van der Waals surface area contributed by atoms with Crippen LogP contribution >= 0.6 is 23.2 Å². The number of nitrogens with one attached hydrogen (secondary N) is 1. The monoisotopic (exact) mass is 375 g/mol. The maximum atomic E-state index is 11.5. The van der Waals surface area contributed by atoms with Crippen LogP contribution in [0.4, 0.5) is 5.69 Å². The van der Waals surface area contributed by atoms with Crippen molar-refractivity contribution in [2.45, 2.75) is 19.9 Å². The Morgan fingerprint density at radius 3 is 2.68 bits per heavy atom. The zero-order chi connectivity index (χ0) is 18.0. The van der Waals surface area contributed by atoms with E-state index in [1.165, 1.54) is 6.92 Å². The Bertz CT molecular complexity index is 924. The smallest absolute Gasteiger partial charge is 0.249 e. The normalized spacial score (nSPS) is 12.0. The van der Waals surface area contributed by atoms with Crippen molar-refractivity contribution in [3.8, 4) is 11.5 Å². The molecule has 1 aromatic heterocycles. The van der Waals surface area contributed by atoms with Gasteiger partial charge in [0.1, 0.15) is 6.04 Å². The first kappa shape index (κ1) is 17.5. The molecule has 7 heteroatoms. The Balaban J connectivity index is 1.80. The number of hydrogen-bond donors (Lipinski definition) is 1. The molecule has 0 bridgehead atoms. The number of halogens is 2. The van der Waals surface area contributed by atoms with Crippen molar-refractivity contribution in [1.29, 1.82) is 0 Å². The Hall–Kier alpha value is -2.37. The maximum absolute atomic E-state index is 11.5. The predicted octanol–water partition coefficient (Wildman–Crippen LogP) is 5.42. The van der Waals surface area contributed by atoms with Gasteiger partial charge in [-0.3, -0.25) is 4.79 Å². The molecule has 0 aliphatic rings. The number of anilines is 1. The summed E-state index contributed by atoms with van der Waals surface area (Å²) in [5, 5.41) is 12.3. The fourth-order valence-corrected chi connectivity index (χ4v) is 2.81. The van der Waals surface area contributed by atoms with Crippen LogP contribution in [-0.2, 0) is 0 Å². The summed E-state index contributed by atoms with van der Waals surface area (Å²) in [5.41, 5.74) is 2.05. The van der Waals surface area contributed by atoms with Crippen LogP contribution in [0, 0.1) is 0 Å². The lowest BCUT2D eigenvalue weighted by Gasteiger charge is -2.12. The standard InChI is InChI=1S/C18H15Cl2N3O2/c1-10(21-14-5-3-4-12(8-14)11(2)24)17-22-23-18(25-17)15-7-6-13(19)9-16(15)20/h3-10,21H,1-2H3. The molecule has 2 aromatic carbocycles. The van der Waals surface area contributed by atoms with Crippen LogP contribution in [0.2, 0.25) is 10.0 Å². The van der Waals surface area contributed by atoms with Gasteiger partial charge in [-0.1, -0.05) is 35.3 Å². The second-order valence-electron chi connectivity index (χ2n) is 5.57. The summed E-state index contributed by atoms with van der Waals surface area (Å²) in [7, 11) is 0. The highest BCUT2D eigenvalue weighted by molar-refractivity contribution is 6.36. The van der Waals surface area contributed by atoms with Crippen molar-refractivity contribution in [1.82, 2.24) is 10.2 Å². The number of Topliss-reactive ketones (excluding diaryl/α,β-unsaturated/α-hetero) is 1. The van der Waals surface area contributed by atoms with E-state index in [-0.39, 0.29) is 11.8 Å². The van der Waals surface area contributed by atoms with Crippen LogP contribution in [0.5, 0.6) is 0 Å². The Morgan fingerprint density at radius 1 is 1.16 bits per heavy atom. The van der Waals surface area contributed by atoms with Crippen molar-refractivity contribution in [3.63, 3.8) is 0 Å². The molecule has 0 fully saturated rings. The fourth-order valence-electron chi connectivity index (χ4n) is 2.32. The molecule has 25 heavy (non-hydrogen) atoms. The molecule has 1 heterocycles. The molecule has 1 N–H and O–H groups in total. The molecule has 128 valence electrons. The highest BCUT2D eigenvalue weighted by Crippen LogP contribution is 2.30. The quantitative estimate of drug-likeness (QED) is 0.603. The van der Waals surface area contributed by atoms with E-state index in [1.54, 1.807) is 30.3 Å². The van der Waals surface area contributed by atoms with Crippen LogP contribution in [0.15, 0.2) is 46.9 Å². The SMILES string of the molecule is CC(=O)c1cccc(NC(C)c2nnc(-c3ccc(Cl)cc3Cl)o2)c1. The number of aromatic nitrogens is 2. The van der Waals surface area contributed by atoms with Crippen LogP contribution in [0.3, 0.4) is 0 Å². The number of carbonyl (C=O) groups excluding carboxylic acids is 1. The van der Waals surface area contributed by atoms with E-state index >= 15 is 0 Å². The first-order chi connectivity index (χ1) is 11.9. The van der Waals surface area contributed by atoms with Crippen LogP contribution in [0.1, 0.15) is 36.1 Å². The molecule has 0 spiro atoms. The third-order valence-corrected chi connectivity index (χ3v) is 4.17. The molecule has 0 saturated carbocycles. The molecule has 0 amide bonds. The van der Waals surface area contributed by atoms with Crippen LogP contribution in [0.25, 0.3) is 11.5 Å². The van der Waals surface area contributed by atoms with E-state index in [0.717, 1.165) is 5.69 Å². The Morgan fingerprint density at radius 2 is 1.96 bits per heavy atom. The third-order valence-electron chi connectivity index (χ3n) is 3.62. The average Bonchev–Trinajstić information content (AvgIpc) is 3.05. The van der Waals surface area contributed by atoms with Gasteiger partial charge in [0.15, 0.2) is 5.78 Å². The molecule has 0 saturated heterocycles. The molecule has 1 unspecified atom stereocenters. The van der Waals surface area contributed by atoms with Crippen molar-refractivity contribution in [2.24, 2.45) is 0 Å². The summed E-state index contributed by atoms with van der Waals surface area (Å²) in [6.45, 7) is 3.42. The summed E-state index contributed by atoms with van der Waals surface area (Å²) < 4.78 is 5.72. The van der Waals surface area contributed by atoms with Gasteiger partial charge in [-0.15, -0.1) is 10.2 Å². The van der Waals surface area contributed by atoms with Crippen molar-refractivity contribution < 1.29 is 9.21 Å². The second-order valence-corrected chi connectivity index (χ2v) is 6.42. The number of benzene rings is 2. The van der Waals surface area contributed by atoms with Gasteiger partial charge in [0.25, 0.3) is 0 Å². The number of rotatable bonds is 5. The van der Waals surface area contributed by atoms with Crippen molar-refractivity contribution >= 4 is 34.7 Å². The molecular formula is C18H15Cl2N3O2. The minimum absolute atomic E-state index is 0.00811. The topological polar surface area (TPSA) is 68.0 Å². The minimum atomic E-state index is -0.241. The van der Waals surface area contributed by atoms with Crippen molar-refractivity contribution in [2.75, 3.05) is 5.32 Å². The number of ketones is 1. The van der Waals surface area contributed by atoms with E-state index in [1.807, 2.05) is 19.1 Å². The zero-order valence-electron chi connectivity index (χ0n) is 13.6. The predicted molar refractivity (Wildman–Crippen MR) is 98.2 cm³/mol. The van der Waals surface area contributed by atoms with Crippen LogP contribution in [-0.4, -0.2) is 16.0 Å². The lowest BCUT2D eigenvalue weighted by molar-refractivity contribution is 0.101. The summed E-state index contributed by atoms with van der Waals surface area (Å²) in [6, 6.07) is 12.1. The maximum Gasteiger partial charge on any atom is 0.249 e. The van der Waals surface area contributed by atoms with Gasteiger partial charge in [-0.05, 0) is 44.2 Å². The summed E-state index contributed by atoms with van der Waals surface area (Å²) in [5.74, 6) is 0.741. The molecule has 0 aliphatic heterocycles. The first-order valence-corrected chi connectivity index (χ1v) is 8.36. The van der Waals surface area contributed by atoms with E-state index < -0.39 is 0 Å². The second kappa shape index (κ2) is 7.25. The largest absolute Gasteiger partial charge is 0.418 e. The lowest BCUT2D eigenvalue weighted by atomic mass is 10.1. The minimum Gasteiger partial charge on any atom is -0.418 e. The Kier molecular flexibility index (Phi) is 5.06. The molecule has 3 aromatic rings. The Labute approximate surface area is 155 Å². The fraction of sp³-hybridized carbons (Fsp3) is 0.167. The number of nitrogens with zero attached hydrogens (tertiary/aromatic N) is 2. The number of hydrogen-bond acceptors (Lipinski definition) is 5. The highest BCUT2D eigenvalue weighted by Gasteiger charge is 2.17. The zero-order valence-corrected chi connectivity index (χ0v) is 15.1. The summed E-state index contributed by atoms with van der Waals surface area (Å²) >= 11 is 12.1. The van der Waals surface area contributed by atoms with Gasteiger partial charge in [0.05, 0.1) is 10.6 Å². The first-order valence-electron chi connectivity index (χ1n) is 7.60. The van der Waals surface area contributed by atoms with Gasteiger partial charge in [-0.25, -0.2) is 0 Å². The molecule has 1 atom stereocenters. The van der Waals surface area contributed by atoms with E-state index in [2.05, 4.69) is 15.5 Å². The molecule has 3 rings (SSSR count). The van der Waals surface area contributed by atoms with Gasteiger partial charge in [0.2, 0.25) is 11.8 Å². The molecule has 5 nitrogen and oxygen atoms in total. The van der Waals surface area contributed by atoms with Gasteiger partial charge >= 0.3 is 0 Å². The van der Waals surface area contributed by atoms with Crippen LogP contribution < -0.4 is 5.32 Å². The van der Waals surface area contributed by atoms with Gasteiger partial charge < -0.3 is 9.73 Å². The molecular weight excluding hydrogens is 361 g/mol.